The summed E-state index contributed by atoms with van der Waals surface area (Å²) in [6.07, 6.45) is 7.84. The van der Waals surface area contributed by atoms with Gasteiger partial charge >= 0.3 is 0 Å². The van der Waals surface area contributed by atoms with Crippen LogP contribution in [0.15, 0.2) is 23.2 Å². The number of halogens is 4. The van der Waals surface area contributed by atoms with Crippen molar-refractivity contribution >= 4 is 15.9 Å². The van der Waals surface area contributed by atoms with Crippen LogP contribution in [0, 0.1) is 30.2 Å². The monoisotopic (exact) mass is 541 g/mol. The van der Waals surface area contributed by atoms with Gasteiger partial charge in [-0.3, -0.25) is 9.78 Å². The van der Waals surface area contributed by atoms with Gasteiger partial charge < -0.3 is 4.90 Å². The third kappa shape index (κ3) is 5.12. The number of sulfonamides is 1. The molecule has 2 heterocycles. The third-order valence-electron chi connectivity index (χ3n) is 7.43. The minimum Gasteiger partial charge on any atom is -0.333 e. The van der Waals surface area contributed by atoms with Crippen LogP contribution in [0.3, 0.4) is 0 Å². The fraction of sp³-hybridized carbons (Fsp3) is 0.538. The normalized spacial score (nSPS) is 19.2. The molecule has 2 fully saturated rings. The van der Waals surface area contributed by atoms with E-state index in [1.54, 1.807) is 13.8 Å². The summed E-state index contributed by atoms with van der Waals surface area (Å²) in [5.41, 5.74) is 0.837. The molecule has 0 N–H and O–H groups in total. The molecule has 1 aromatic heterocycles. The molecule has 202 valence electrons. The summed E-state index contributed by atoms with van der Waals surface area (Å²) in [7, 11) is -4.96. The second kappa shape index (κ2) is 10.7. The van der Waals surface area contributed by atoms with Crippen LogP contribution in [0.1, 0.15) is 75.1 Å². The van der Waals surface area contributed by atoms with Crippen LogP contribution in [-0.2, 0) is 21.4 Å². The first-order chi connectivity index (χ1) is 17.4. The molecular weight excluding hydrogens is 510 g/mol. The predicted molar refractivity (Wildman–Crippen MR) is 129 cm³/mol. The van der Waals surface area contributed by atoms with Crippen molar-refractivity contribution in [3.63, 3.8) is 0 Å². The van der Waals surface area contributed by atoms with Crippen molar-refractivity contribution in [2.75, 3.05) is 6.54 Å². The Morgan fingerprint density at radius 1 is 1.03 bits per heavy atom. The second-order valence-electron chi connectivity index (χ2n) is 10.1. The van der Waals surface area contributed by atoms with E-state index in [1.807, 2.05) is 18.3 Å². The van der Waals surface area contributed by atoms with Gasteiger partial charge in [-0.05, 0) is 57.6 Å². The van der Waals surface area contributed by atoms with E-state index in [9.17, 15) is 30.8 Å². The van der Waals surface area contributed by atoms with Crippen molar-refractivity contribution < 1.29 is 30.8 Å². The first-order valence-electron chi connectivity index (χ1n) is 12.5. The number of pyridine rings is 1. The second-order valence-corrected chi connectivity index (χ2v) is 11.9. The maximum atomic E-state index is 14.6. The first-order valence-corrected chi connectivity index (χ1v) is 14.0. The molecule has 0 spiro atoms. The Labute approximate surface area is 214 Å². The molecule has 0 bridgehead atoms. The average molecular weight is 542 g/mol. The highest BCUT2D eigenvalue weighted by Crippen LogP contribution is 2.35. The Balaban J connectivity index is 1.54. The fourth-order valence-corrected chi connectivity index (χ4v) is 6.86. The van der Waals surface area contributed by atoms with E-state index in [1.165, 1.54) is 24.2 Å². The van der Waals surface area contributed by atoms with Crippen molar-refractivity contribution in [2.24, 2.45) is 0 Å². The molecule has 1 aliphatic carbocycles. The molecule has 4 rings (SSSR count). The number of hydrogen-bond acceptors (Lipinski definition) is 4. The number of aromatic nitrogens is 1. The molecule has 11 heteroatoms. The van der Waals surface area contributed by atoms with E-state index < -0.39 is 55.7 Å². The molecule has 1 amide bonds. The Kier molecular flexibility index (Phi) is 7.94. The zero-order valence-corrected chi connectivity index (χ0v) is 21.9. The zero-order valence-electron chi connectivity index (χ0n) is 21.1. The number of rotatable bonds is 7. The quantitative estimate of drug-likeness (QED) is 0.275. The summed E-state index contributed by atoms with van der Waals surface area (Å²) in [4.78, 5) is 17.8. The summed E-state index contributed by atoms with van der Waals surface area (Å²) in [6.45, 7) is 4.29. The Bertz CT molecular complexity index is 1250. The van der Waals surface area contributed by atoms with Gasteiger partial charge in [0.2, 0.25) is 15.9 Å². The van der Waals surface area contributed by atoms with E-state index in [2.05, 4.69) is 4.98 Å². The smallest absolute Gasteiger partial charge is 0.249 e. The maximum absolute atomic E-state index is 14.6. The average Bonchev–Trinajstić information content (AvgIpc) is 2.84. The molecular formula is C26H31F4N3O3S. The molecule has 1 saturated heterocycles. The number of carbonyl (C=O) groups excluding carboxylic acids is 1. The summed E-state index contributed by atoms with van der Waals surface area (Å²) < 4.78 is 83.6. The minimum absolute atomic E-state index is 0.124. The molecule has 0 radical (unpaired) electrons. The lowest BCUT2D eigenvalue weighted by atomic mass is 9.85. The first kappa shape index (κ1) is 27.5. The topological polar surface area (TPSA) is 70.6 Å². The number of carbonyl (C=O) groups is 1. The van der Waals surface area contributed by atoms with Crippen LogP contribution in [0.2, 0.25) is 0 Å². The van der Waals surface area contributed by atoms with E-state index >= 15 is 0 Å². The van der Waals surface area contributed by atoms with Gasteiger partial charge in [0, 0.05) is 24.3 Å². The molecule has 2 aromatic rings. The summed E-state index contributed by atoms with van der Waals surface area (Å²) >= 11 is 0. The van der Waals surface area contributed by atoms with Crippen LogP contribution in [0.5, 0.6) is 0 Å². The standard InChI is InChI=1S/C26H31F4N3O3S/c1-15(2)32(14-19-10-9-18(13-31-19)17-7-5-4-6-8-17)26(34)20-11-12-33(20)37(35,36)25-22(28)16(3)21(27)23(29)24(25)30/h9-10,13,15,17,20H,4-8,11-12,14H2,1-3H3/t20-/m1/s1. The van der Waals surface area contributed by atoms with E-state index in [0.717, 1.165) is 25.3 Å². The van der Waals surface area contributed by atoms with E-state index in [4.69, 9.17) is 0 Å². The van der Waals surface area contributed by atoms with Crippen LogP contribution in [0.25, 0.3) is 0 Å². The number of amides is 1. The lowest BCUT2D eigenvalue weighted by Crippen LogP contribution is -2.59. The summed E-state index contributed by atoms with van der Waals surface area (Å²) in [5, 5.41) is 0. The molecule has 1 saturated carbocycles. The summed E-state index contributed by atoms with van der Waals surface area (Å²) in [5.74, 6) is -7.79. The fourth-order valence-electron chi connectivity index (χ4n) is 5.05. The van der Waals surface area contributed by atoms with Gasteiger partial charge in [-0.1, -0.05) is 25.3 Å². The maximum Gasteiger partial charge on any atom is 0.249 e. The molecule has 1 atom stereocenters. The SMILES string of the molecule is Cc1c(F)c(F)c(F)c(S(=O)(=O)N2CC[C@@H]2C(=O)N(Cc2ccc(C3CCCCC3)cn2)C(C)C)c1F. The van der Waals surface area contributed by atoms with Crippen LogP contribution >= 0.6 is 0 Å². The molecule has 2 aliphatic rings. The Morgan fingerprint density at radius 3 is 2.24 bits per heavy atom. The van der Waals surface area contributed by atoms with Gasteiger partial charge in [0.1, 0.15) is 6.04 Å². The molecule has 1 aromatic carbocycles. The van der Waals surface area contributed by atoms with Gasteiger partial charge in [-0.15, -0.1) is 0 Å². The minimum atomic E-state index is -4.96. The van der Waals surface area contributed by atoms with E-state index in [0.29, 0.717) is 15.9 Å². The van der Waals surface area contributed by atoms with Crippen molar-refractivity contribution in [1.82, 2.24) is 14.2 Å². The van der Waals surface area contributed by atoms with Gasteiger partial charge in [0.25, 0.3) is 0 Å². The van der Waals surface area contributed by atoms with Crippen LogP contribution < -0.4 is 0 Å². The highest BCUT2D eigenvalue weighted by atomic mass is 32.2. The molecule has 37 heavy (non-hydrogen) atoms. The highest BCUT2D eigenvalue weighted by Gasteiger charge is 2.47. The lowest BCUT2D eigenvalue weighted by molar-refractivity contribution is -0.141. The summed E-state index contributed by atoms with van der Waals surface area (Å²) in [6, 6.07) is 2.33. The van der Waals surface area contributed by atoms with Gasteiger partial charge in [-0.25, -0.2) is 26.0 Å². The number of hydrogen-bond donors (Lipinski definition) is 0. The number of nitrogens with zero attached hydrogens (tertiary/aromatic N) is 3. The third-order valence-corrected chi connectivity index (χ3v) is 9.36. The van der Waals surface area contributed by atoms with Gasteiger partial charge in [-0.2, -0.15) is 4.31 Å². The molecule has 1 aliphatic heterocycles. The van der Waals surface area contributed by atoms with Gasteiger partial charge in [0.05, 0.1) is 12.2 Å². The predicted octanol–water partition coefficient (Wildman–Crippen LogP) is 5.19. The van der Waals surface area contributed by atoms with Crippen LogP contribution in [-0.4, -0.2) is 47.1 Å². The van der Waals surface area contributed by atoms with Gasteiger partial charge in [0.15, 0.2) is 28.2 Å². The highest BCUT2D eigenvalue weighted by molar-refractivity contribution is 7.89. The molecule has 0 unspecified atom stereocenters. The largest absolute Gasteiger partial charge is 0.333 e. The van der Waals surface area contributed by atoms with Crippen molar-refractivity contribution in [2.45, 2.75) is 88.7 Å². The Hall–Kier alpha value is -2.53. The van der Waals surface area contributed by atoms with Crippen molar-refractivity contribution in [1.29, 1.82) is 0 Å². The van der Waals surface area contributed by atoms with Crippen molar-refractivity contribution in [3.05, 3.63) is 58.4 Å². The zero-order chi connectivity index (χ0) is 27.1. The lowest BCUT2D eigenvalue weighted by Gasteiger charge is -2.42. The van der Waals surface area contributed by atoms with Crippen LogP contribution in [0.4, 0.5) is 17.6 Å². The molecule has 6 nitrogen and oxygen atoms in total. The number of benzene rings is 1. The van der Waals surface area contributed by atoms with E-state index in [-0.39, 0.29) is 25.6 Å². The van der Waals surface area contributed by atoms with Crippen molar-refractivity contribution in [3.8, 4) is 0 Å². The Morgan fingerprint density at radius 2 is 1.70 bits per heavy atom.